The van der Waals surface area contributed by atoms with E-state index >= 15 is 0 Å². The van der Waals surface area contributed by atoms with Gasteiger partial charge in [0.15, 0.2) is 5.13 Å². The van der Waals surface area contributed by atoms with Gasteiger partial charge in [-0.15, -0.1) is 22.7 Å². The Morgan fingerprint density at radius 3 is 2.71 bits per heavy atom. The van der Waals surface area contributed by atoms with Crippen LogP contribution in [0.3, 0.4) is 0 Å². The summed E-state index contributed by atoms with van der Waals surface area (Å²) in [5, 5.41) is 6.64. The van der Waals surface area contributed by atoms with Gasteiger partial charge in [0.05, 0.1) is 5.69 Å². The Kier molecular flexibility index (Phi) is 4.65. The van der Waals surface area contributed by atoms with Crippen LogP contribution < -0.4 is 10.0 Å². The molecule has 2 aromatic heterocycles. The van der Waals surface area contributed by atoms with Crippen molar-refractivity contribution in [2.45, 2.75) is 11.1 Å². The third-order valence-electron chi connectivity index (χ3n) is 2.96. The second-order valence-corrected chi connectivity index (χ2v) is 8.55. The van der Waals surface area contributed by atoms with Gasteiger partial charge < -0.3 is 5.32 Å². The first-order valence-electron chi connectivity index (χ1n) is 6.84. The van der Waals surface area contributed by atoms with E-state index in [2.05, 4.69) is 15.0 Å². The molecule has 1 amide bonds. The van der Waals surface area contributed by atoms with Crippen LogP contribution in [0.5, 0.6) is 0 Å². The number of thiazole rings is 1. The minimum atomic E-state index is -3.59. The maximum atomic E-state index is 12.3. The number of aromatic nitrogens is 1. The lowest BCUT2D eigenvalue weighted by atomic mass is 10.1. The standard InChI is InChI=1S/C15H13N3O3S3/c1-10(19)16-15-17-13(9-23-15)11-4-2-5-12(8-11)18-24(20,21)14-6-3-7-22-14/h2-9,18H,1H3,(H,16,17,19). The largest absolute Gasteiger partial charge is 0.302 e. The van der Waals surface area contributed by atoms with E-state index in [1.807, 2.05) is 6.07 Å². The van der Waals surface area contributed by atoms with E-state index in [-0.39, 0.29) is 10.1 Å². The molecule has 0 aliphatic carbocycles. The molecule has 24 heavy (non-hydrogen) atoms. The number of rotatable bonds is 5. The van der Waals surface area contributed by atoms with Crippen molar-refractivity contribution in [3.8, 4) is 11.3 Å². The predicted octanol–water partition coefficient (Wildman–Crippen LogP) is 3.63. The van der Waals surface area contributed by atoms with Crippen molar-refractivity contribution in [2.24, 2.45) is 0 Å². The second kappa shape index (κ2) is 6.71. The number of nitrogens with one attached hydrogen (secondary N) is 2. The van der Waals surface area contributed by atoms with E-state index in [1.54, 1.807) is 41.1 Å². The van der Waals surface area contributed by atoms with Crippen LogP contribution in [0.4, 0.5) is 10.8 Å². The topological polar surface area (TPSA) is 88.2 Å². The number of amides is 1. The SMILES string of the molecule is CC(=O)Nc1nc(-c2cccc(NS(=O)(=O)c3cccs3)c2)cs1. The van der Waals surface area contributed by atoms with Gasteiger partial charge in [0.25, 0.3) is 10.0 Å². The smallest absolute Gasteiger partial charge is 0.271 e. The van der Waals surface area contributed by atoms with Gasteiger partial charge in [-0.25, -0.2) is 13.4 Å². The zero-order valence-electron chi connectivity index (χ0n) is 12.5. The second-order valence-electron chi connectivity index (χ2n) is 4.84. The normalized spacial score (nSPS) is 11.2. The molecule has 0 spiro atoms. The zero-order chi connectivity index (χ0) is 17.2. The third kappa shape index (κ3) is 3.81. The average Bonchev–Trinajstić information content (AvgIpc) is 3.18. The summed E-state index contributed by atoms with van der Waals surface area (Å²) in [6.45, 7) is 1.42. The van der Waals surface area contributed by atoms with Crippen molar-refractivity contribution in [1.29, 1.82) is 0 Å². The Labute approximate surface area is 147 Å². The molecule has 0 atom stereocenters. The Balaban J connectivity index is 1.84. The fourth-order valence-corrected chi connectivity index (χ4v) is 4.79. The Morgan fingerprint density at radius 1 is 1.17 bits per heavy atom. The summed E-state index contributed by atoms with van der Waals surface area (Å²) in [7, 11) is -3.59. The highest BCUT2D eigenvalue weighted by molar-refractivity contribution is 7.94. The number of hydrogen-bond donors (Lipinski definition) is 2. The number of hydrogen-bond acceptors (Lipinski definition) is 6. The lowest BCUT2D eigenvalue weighted by Gasteiger charge is -2.07. The summed E-state index contributed by atoms with van der Waals surface area (Å²) in [6, 6.07) is 10.2. The molecule has 0 saturated heterocycles. The van der Waals surface area contributed by atoms with Gasteiger partial charge in [-0.1, -0.05) is 18.2 Å². The van der Waals surface area contributed by atoms with Crippen molar-refractivity contribution >= 4 is 49.4 Å². The molecule has 2 N–H and O–H groups in total. The van der Waals surface area contributed by atoms with E-state index in [9.17, 15) is 13.2 Å². The molecular formula is C15H13N3O3S3. The van der Waals surface area contributed by atoms with Crippen LogP contribution in [-0.4, -0.2) is 19.3 Å². The summed E-state index contributed by atoms with van der Waals surface area (Å²) in [5.74, 6) is -0.187. The number of thiophene rings is 1. The van der Waals surface area contributed by atoms with Gasteiger partial charge in [0.2, 0.25) is 5.91 Å². The van der Waals surface area contributed by atoms with Crippen LogP contribution in [0.1, 0.15) is 6.92 Å². The number of benzene rings is 1. The summed E-state index contributed by atoms with van der Waals surface area (Å²) in [4.78, 5) is 15.4. The number of carbonyl (C=O) groups excluding carboxylic acids is 1. The first kappa shape index (κ1) is 16.6. The molecule has 3 aromatic rings. The van der Waals surface area contributed by atoms with E-state index < -0.39 is 10.0 Å². The lowest BCUT2D eigenvalue weighted by molar-refractivity contribution is -0.114. The van der Waals surface area contributed by atoms with E-state index in [0.29, 0.717) is 16.5 Å². The predicted molar refractivity (Wildman–Crippen MR) is 97.0 cm³/mol. The van der Waals surface area contributed by atoms with Crippen LogP contribution in [0.15, 0.2) is 51.4 Å². The number of sulfonamides is 1. The van der Waals surface area contributed by atoms with Gasteiger partial charge >= 0.3 is 0 Å². The van der Waals surface area contributed by atoms with Crippen LogP contribution >= 0.6 is 22.7 Å². The fraction of sp³-hybridized carbons (Fsp3) is 0.0667. The van der Waals surface area contributed by atoms with E-state index in [4.69, 9.17) is 0 Å². The molecule has 0 fully saturated rings. The monoisotopic (exact) mass is 379 g/mol. The maximum absolute atomic E-state index is 12.3. The summed E-state index contributed by atoms with van der Waals surface area (Å²) in [5.41, 5.74) is 1.88. The van der Waals surface area contributed by atoms with E-state index in [0.717, 1.165) is 16.9 Å². The Hall–Kier alpha value is -2.23. The summed E-state index contributed by atoms with van der Waals surface area (Å²) >= 11 is 2.47. The molecule has 0 saturated carbocycles. The fourth-order valence-electron chi connectivity index (χ4n) is 1.98. The van der Waals surface area contributed by atoms with Crippen molar-refractivity contribution in [3.05, 3.63) is 47.2 Å². The van der Waals surface area contributed by atoms with Crippen molar-refractivity contribution in [1.82, 2.24) is 4.98 Å². The van der Waals surface area contributed by atoms with Crippen LogP contribution in [0.25, 0.3) is 11.3 Å². The molecule has 0 unspecified atom stereocenters. The van der Waals surface area contributed by atoms with Crippen LogP contribution in [-0.2, 0) is 14.8 Å². The number of anilines is 2. The highest BCUT2D eigenvalue weighted by Crippen LogP contribution is 2.28. The lowest BCUT2D eigenvalue weighted by Crippen LogP contribution is -2.11. The molecule has 0 aliphatic rings. The van der Waals surface area contributed by atoms with Crippen molar-refractivity contribution < 1.29 is 13.2 Å². The van der Waals surface area contributed by atoms with Gasteiger partial charge in [-0.05, 0) is 23.6 Å². The highest BCUT2D eigenvalue weighted by atomic mass is 32.2. The molecular weight excluding hydrogens is 366 g/mol. The van der Waals surface area contributed by atoms with Crippen molar-refractivity contribution in [3.63, 3.8) is 0 Å². The minimum Gasteiger partial charge on any atom is -0.302 e. The summed E-state index contributed by atoms with van der Waals surface area (Å²) in [6.07, 6.45) is 0. The van der Waals surface area contributed by atoms with Crippen LogP contribution in [0, 0.1) is 0 Å². The quantitative estimate of drug-likeness (QED) is 0.708. The highest BCUT2D eigenvalue weighted by Gasteiger charge is 2.15. The molecule has 0 aliphatic heterocycles. The van der Waals surface area contributed by atoms with Gasteiger partial charge in [-0.3, -0.25) is 9.52 Å². The average molecular weight is 379 g/mol. The van der Waals surface area contributed by atoms with E-state index in [1.165, 1.54) is 18.3 Å². The number of nitrogens with zero attached hydrogens (tertiary/aromatic N) is 1. The molecule has 2 heterocycles. The van der Waals surface area contributed by atoms with Gasteiger partial charge in [0.1, 0.15) is 4.21 Å². The zero-order valence-corrected chi connectivity index (χ0v) is 15.0. The molecule has 0 radical (unpaired) electrons. The molecule has 0 bridgehead atoms. The molecule has 9 heteroatoms. The molecule has 6 nitrogen and oxygen atoms in total. The first-order valence-corrected chi connectivity index (χ1v) is 10.1. The van der Waals surface area contributed by atoms with Crippen LogP contribution in [0.2, 0.25) is 0 Å². The van der Waals surface area contributed by atoms with Crippen molar-refractivity contribution in [2.75, 3.05) is 10.0 Å². The first-order chi connectivity index (χ1) is 11.4. The number of carbonyl (C=O) groups is 1. The van der Waals surface area contributed by atoms with Gasteiger partial charge in [-0.2, -0.15) is 0 Å². The maximum Gasteiger partial charge on any atom is 0.271 e. The van der Waals surface area contributed by atoms with Gasteiger partial charge in [0, 0.05) is 23.6 Å². The third-order valence-corrected chi connectivity index (χ3v) is 6.49. The Morgan fingerprint density at radius 2 is 2.00 bits per heavy atom. The summed E-state index contributed by atoms with van der Waals surface area (Å²) < 4.78 is 27.4. The molecule has 1 aromatic carbocycles. The molecule has 124 valence electrons. The Bertz CT molecular complexity index is 963. The molecule has 3 rings (SSSR count). The minimum absolute atomic E-state index is 0.187.